The number of hydrogen-bond acceptors (Lipinski definition) is 18. The zero-order valence-corrected chi connectivity index (χ0v) is 48.4. The number of guanidine groups is 1. The molecule has 460 valence electrons. The number of aliphatic hydroxyl groups is 2. The molecule has 0 aromatic carbocycles. The first-order chi connectivity index (χ1) is 38.8. The lowest BCUT2D eigenvalue weighted by atomic mass is 9.89. The lowest BCUT2D eigenvalue weighted by Gasteiger charge is -2.30. The smallest absolute Gasteiger partial charge is 0.245 e. The van der Waals surface area contributed by atoms with Crippen molar-refractivity contribution in [2.24, 2.45) is 51.0 Å². The quantitative estimate of drug-likeness (QED) is 0.00620. The highest BCUT2D eigenvalue weighted by Crippen LogP contribution is 2.23. The van der Waals surface area contributed by atoms with Gasteiger partial charge in [0.15, 0.2) is 34.9 Å². The molecule has 8 amide bonds. The minimum Gasteiger partial charge on any atom is -0.394 e. The SMILES string of the molecule is CCC(=O)[C@H](CO)NC(=O)[C@@H](CC(=O)[C@H](CS)NC(=O)[C@@H]1CCCN1C(=O)[C@H](CCCN=C(N)N)NC(=O)[C@H](CCC(N)=O)CC(=O)[C@H](CO)NC(=O)CCC(=O)CNC(=O)CCC(=O)CNC(=O)[C@@H](C)CCCCN=[N+]=[N-])CC(C)C. The van der Waals surface area contributed by atoms with E-state index < -0.39 is 158 Å². The van der Waals surface area contributed by atoms with E-state index in [4.69, 9.17) is 22.7 Å². The average molecular weight is 1180 g/mol. The second-order valence-electron chi connectivity index (χ2n) is 20.6. The fourth-order valence-electron chi connectivity index (χ4n) is 8.71. The third-order valence-electron chi connectivity index (χ3n) is 13.4. The summed E-state index contributed by atoms with van der Waals surface area (Å²) in [7, 11) is 0. The molecule has 14 N–H and O–H groups in total. The van der Waals surface area contributed by atoms with Crippen molar-refractivity contribution >= 4 is 94.8 Å². The Morgan fingerprint density at radius 2 is 1.24 bits per heavy atom. The molecular formula is C52H86N14O15S. The van der Waals surface area contributed by atoms with E-state index in [1.807, 2.05) is 13.8 Å². The minimum atomic E-state index is -1.59. The number of carbonyl (C=O) groups is 13. The highest BCUT2D eigenvalue weighted by atomic mass is 32.1. The molecule has 82 heavy (non-hydrogen) atoms. The summed E-state index contributed by atoms with van der Waals surface area (Å²) in [6, 6.07) is -6.46. The van der Waals surface area contributed by atoms with E-state index in [1.165, 1.54) is 4.90 Å². The highest BCUT2D eigenvalue weighted by molar-refractivity contribution is 7.80. The van der Waals surface area contributed by atoms with Gasteiger partial charge in [-0.2, -0.15) is 12.6 Å². The zero-order chi connectivity index (χ0) is 61.9. The van der Waals surface area contributed by atoms with Gasteiger partial charge in [-0.3, -0.25) is 67.3 Å². The lowest BCUT2D eigenvalue weighted by molar-refractivity contribution is -0.143. The van der Waals surface area contributed by atoms with E-state index in [9.17, 15) is 72.5 Å². The number of thiol groups is 1. The zero-order valence-electron chi connectivity index (χ0n) is 47.5. The normalized spacial score (nSPS) is 15.4. The molecule has 0 aromatic rings. The first-order valence-corrected chi connectivity index (χ1v) is 28.3. The van der Waals surface area contributed by atoms with Crippen LogP contribution < -0.4 is 49.1 Å². The molecule has 1 rings (SSSR count). The highest BCUT2D eigenvalue weighted by Gasteiger charge is 2.40. The Labute approximate surface area is 482 Å². The molecule has 0 spiro atoms. The van der Waals surface area contributed by atoms with Crippen LogP contribution in [0.15, 0.2) is 10.1 Å². The molecule has 29 nitrogen and oxygen atoms in total. The fourth-order valence-corrected chi connectivity index (χ4v) is 9.00. The van der Waals surface area contributed by atoms with Gasteiger partial charge in [0.05, 0.1) is 32.3 Å². The van der Waals surface area contributed by atoms with Crippen LogP contribution in [0.4, 0.5) is 0 Å². The summed E-state index contributed by atoms with van der Waals surface area (Å²) >= 11 is 4.29. The molecule has 0 bridgehead atoms. The molecule has 30 heteroatoms. The molecule has 0 radical (unpaired) electrons. The summed E-state index contributed by atoms with van der Waals surface area (Å²) in [5.74, 6) is -11.6. The Balaban J connectivity index is 3.05. The topological polar surface area (TPSA) is 477 Å². The Hall–Kier alpha value is -7.04. The maximum Gasteiger partial charge on any atom is 0.245 e. The number of likely N-dealkylation sites (tertiary alicyclic amines) is 1. The number of amides is 8. The van der Waals surface area contributed by atoms with Gasteiger partial charge >= 0.3 is 0 Å². The minimum absolute atomic E-state index is 0.0155. The maximum absolute atomic E-state index is 14.4. The van der Waals surface area contributed by atoms with Gasteiger partial charge in [-0.1, -0.05) is 39.2 Å². The number of azide groups is 1. The van der Waals surface area contributed by atoms with Crippen molar-refractivity contribution in [3.05, 3.63) is 10.4 Å². The lowest BCUT2D eigenvalue weighted by Crippen LogP contribution is -2.56. The van der Waals surface area contributed by atoms with E-state index in [2.05, 4.69) is 59.5 Å². The van der Waals surface area contributed by atoms with Crippen molar-refractivity contribution in [2.75, 3.05) is 51.7 Å². The molecule has 0 aliphatic carbocycles. The summed E-state index contributed by atoms with van der Waals surface area (Å²) in [4.78, 5) is 177. The van der Waals surface area contributed by atoms with Gasteiger partial charge in [0.1, 0.15) is 24.2 Å². The third-order valence-corrected chi connectivity index (χ3v) is 13.8. The number of nitrogens with one attached hydrogen (secondary N) is 6. The Bertz CT molecular complexity index is 2290. The number of hydrogen-bond donors (Lipinski definition) is 12. The molecule has 0 aromatic heterocycles. The van der Waals surface area contributed by atoms with Gasteiger partial charge < -0.3 is 64.2 Å². The van der Waals surface area contributed by atoms with E-state index in [-0.39, 0.29) is 107 Å². The van der Waals surface area contributed by atoms with Gasteiger partial charge in [0.2, 0.25) is 47.3 Å². The van der Waals surface area contributed by atoms with Crippen LogP contribution in [-0.4, -0.2) is 179 Å². The van der Waals surface area contributed by atoms with Crippen molar-refractivity contribution in [2.45, 2.75) is 167 Å². The Morgan fingerprint density at radius 3 is 1.83 bits per heavy atom. The first kappa shape index (κ1) is 73.0. The van der Waals surface area contributed by atoms with E-state index in [0.29, 0.717) is 32.2 Å². The van der Waals surface area contributed by atoms with Crippen LogP contribution in [0.2, 0.25) is 0 Å². The van der Waals surface area contributed by atoms with E-state index in [0.717, 1.165) is 0 Å². The van der Waals surface area contributed by atoms with Crippen LogP contribution in [0, 0.1) is 23.7 Å². The number of nitrogens with zero attached hydrogens (tertiary/aromatic N) is 5. The number of aliphatic imine (C=N–C) groups is 1. The summed E-state index contributed by atoms with van der Waals surface area (Å²) in [5.41, 5.74) is 24.7. The van der Waals surface area contributed by atoms with Crippen LogP contribution >= 0.6 is 12.6 Å². The molecule has 1 aliphatic heterocycles. The van der Waals surface area contributed by atoms with Crippen LogP contribution in [0.3, 0.4) is 0 Å². The van der Waals surface area contributed by atoms with Gasteiger partial charge in [0.25, 0.3) is 0 Å². The maximum atomic E-state index is 14.4. The van der Waals surface area contributed by atoms with E-state index in [1.54, 1.807) is 13.8 Å². The van der Waals surface area contributed by atoms with Crippen LogP contribution in [0.5, 0.6) is 0 Å². The monoisotopic (exact) mass is 1180 g/mol. The molecular weight excluding hydrogens is 1090 g/mol. The predicted octanol–water partition coefficient (Wildman–Crippen LogP) is -1.63. The van der Waals surface area contributed by atoms with Gasteiger partial charge in [-0.05, 0) is 62.8 Å². The third kappa shape index (κ3) is 29.1. The van der Waals surface area contributed by atoms with Crippen molar-refractivity contribution in [1.29, 1.82) is 0 Å². The summed E-state index contributed by atoms with van der Waals surface area (Å²) < 4.78 is 0. The number of aliphatic hydroxyl groups excluding tert-OH is 2. The Kier molecular flexibility index (Phi) is 35.8. The first-order valence-electron chi connectivity index (χ1n) is 27.7. The van der Waals surface area contributed by atoms with Crippen molar-refractivity contribution < 1.29 is 72.5 Å². The standard InChI is InChI=1S/C52H86N14O15S/c1-5-41(71)37(27-67)63-49(79)33(22-30(2)3)24-43(73)39(29-82)64-50(80)40-12-9-21-66(40)51(81)36(11-8-19-57-52(54)55)62-48(78)32(13-16-44(53)74)23-42(72)38(28-68)61-46(76)18-15-34(69)25-58-45(75)17-14-35(70)26-59-47(77)31(4)10-6-7-20-60-65-56/h30-33,36-40,67-68,82H,5-29H2,1-4H3,(H2,53,74)(H,58,75)(H,59,77)(H,61,76)(H,62,78)(H,63,79)(H,64,80)(H4,54,55,57)/t31-,32+,33+,36-,37-,38-,39-,40-/m0/s1. The van der Waals surface area contributed by atoms with Gasteiger partial charge in [0, 0.05) is 99.4 Å². The molecule has 0 unspecified atom stereocenters. The average Bonchev–Trinajstić information content (AvgIpc) is 3.95. The summed E-state index contributed by atoms with van der Waals surface area (Å²) in [5, 5.41) is 38.3. The number of nitrogens with two attached hydrogens (primary N) is 3. The molecule has 8 atom stereocenters. The number of Topliss-reactive ketones (excluding diaryl/α,β-unsaturated/α-hetero) is 5. The van der Waals surface area contributed by atoms with E-state index >= 15 is 0 Å². The van der Waals surface area contributed by atoms with Gasteiger partial charge in [-0.15, -0.1) is 0 Å². The fraction of sp³-hybridized carbons (Fsp3) is 0.731. The van der Waals surface area contributed by atoms with Crippen molar-refractivity contribution in [3.63, 3.8) is 0 Å². The molecule has 1 heterocycles. The van der Waals surface area contributed by atoms with Crippen molar-refractivity contribution in [3.8, 4) is 0 Å². The Morgan fingerprint density at radius 1 is 0.659 bits per heavy atom. The largest absolute Gasteiger partial charge is 0.394 e. The number of unbranched alkanes of at least 4 members (excludes halogenated alkanes) is 1. The van der Waals surface area contributed by atoms with Crippen LogP contribution in [0.1, 0.15) is 137 Å². The summed E-state index contributed by atoms with van der Waals surface area (Å²) in [6.07, 6.45) is -0.514. The van der Waals surface area contributed by atoms with Crippen molar-refractivity contribution in [1.82, 2.24) is 36.8 Å². The number of ketones is 5. The van der Waals surface area contributed by atoms with Crippen LogP contribution in [0.25, 0.3) is 10.4 Å². The predicted molar refractivity (Wildman–Crippen MR) is 301 cm³/mol. The molecule has 1 saturated heterocycles. The number of rotatable bonds is 44. The number of primary amides is 1. The van der Waals surface area contributed by atoms with Gasteiger partial charge in [-0.25, -0.2) is 0 Å². The second kappa shape index (κ2) is 40.2. The molecule has 1 aliphatic rings. The van der Waals surface area contributed by atoms with Crippen LogP contribution in [-0.2, 0) is 62.3 Å². The number of carbonyl (C=O) groups excluding carboxylic acids is 13. The molecule has 1 fully saturated rings. The second-order valence-corrected chi connectivity index (χ2v) is 21.0. The summed E-state index contributed by atoms with van der Waals surface area (Å²) in [6.45, 7) is 4.95. The molecule has 0 saturated carbocycles.